The monoisotopic (exact) mass is 314 g/mol. The molecule has 0 saturated heterocycles. The normalized spacial score (nSPS) is 11.8. The van der Waals surface area contributed by atoms with Crippen LogP contribution < -0.4 is 10.1 Å². The van der Waals surface area contributed by atoms with Gasteiger partial charge in [-0.1, -0.05) is 19.8 Å². The average Bonchev–Trinajstić information content (AvgIpc) is 2.48. The zero-order valence-corrected chi connectivity index (χ0v) is 13.9. The van der Waals surface area contributed by atoms with Crippen molar-refractivity contribution in [3.05, 3.63) is 24.3 Å². The lowest BCUT2D eigenvalue weighted by molar-refractivity contribution is 0.318. The van der Waals surface area contributed by atoms with Gasteiger partial charge >= 0.3 is 0 Å². The fourth-order valence-electron chi connectivity index (χ4n) is 1.86. The Labute approximate surface area is 128 Å². The summed E-state index contributed by atoms with van der Waals surface area (Å²) in [6, 6.07) is 6.59. The maximum absolute atomic E-state index is 12.4. The first-order valence-corrected chi connectivity index (χ1v) is 8.80. The van der Waals surface area contributed by atoms with Crippen LogP contribution in [0, 0.1) is 0 Å². The molecule has 0 spiro atoms. The Hall–Kier alpha value is -1.11. The van der Waals surface area contributed by atoms with Gasteiger partial charge in [-0.3, -0.25) is 0 Å². The van der Waals surface area contributed by atoms with E-state index in [2.05, 4.69) is 12.2 Å². The van der Waals surface area contributed by atoms with Gasteiger partial charge in [-0.15, -0.1) is 0 Å². The average molecular weight is 314 g/mol. The second kappa shape index (κ2) is 9.02. The van der Waals surface area contributed by atoms with Gasteiger partial charge in [0, 0.05) is 20.1 Å². The molecule has 0 bridgehead atoms. The first-order valence-electron chi connectivity index (χ1n) is 7.36. The summed E-state index contributed by atoms with van der Waals surface area (Å²) in [6.07, 6.45) is 3.00. The molecule has 0 aliphatic carbocycles. The number of nitrogens with one attached hydrogen (secondary N) is 1. The van der Waals surface area contributed by atoms with Crippen molar-refractivity contribution in [1.29, 1.82) is 0 Å². The van der Waals surface area contributed by atoms with E-state index in [9.17, 15) is 8.42 Å². The standard InChI is InChI=1S/C15H26N2O3S/c1-4-5-6-12-17(3)21(18,19)15-9-7-14(8-10-15)20-13-11-16-2/h7-10,16H,4-6,11-13H2,1-3H3. The Kier molecular flexibility index (Phi) is 7.71. The van der Waals surface area contributed by atoms with Gasteiger partial charge in [0.25, 0.3) is 0 Å². The molecule has 0 aromatic heterocycles. The minimum atomic E-state index is -3.40. The number of benzene rings is 1. The fourth-order valence-corrected chi connectivity index (χ4v) is 3.07. The molecule has 0 unspecified atom stereocenters. The number of rotatable bonds is 10. The summed E-state index contributed by atoms with van der Waals surface area (Å²) in [5.74, 6) is 0.679. The largest absolute Gasteiger partial charge is 0.492 e. The van der Waals surface area contributed by atoms with Gasteiger partial charge in [0.1, 0.15) is 12.4 Å². The number of likely N-dealkylation sites (N-methyl/N-ethyl adjacent to an activating group) is 1. The van der Waals surface area contributed by atoms with Crippen molar-refractivity contribution in [3.63, 3.8) is 0 Å². The van der Waals surface area contributed by atoms with Crippen molar-refractivity contribution >= 4 is 10.0 Å². The van der Waals surface area contributed by atoms with E-state index >= 15 is 0 Å². The van der Waals surface area contributed by atoms with E-state index in [0.29, 0.717) is 23.8 Å². The van der Waals surface area contributed by atoms with Crippen molar-refractivity contribution in [2.75, 3.05) is 33.8 Å². The summed E-state index contributed by atoms with van der Waals surface area (Å²) in [6.45, 7) is 3.96. The minimum Gasteiger partial charge on any atom is -0.492 e. The lowest BCUT2D eigenvalue weighted by Crippen LogP contribution is -2.27. The van der Waals surface area contributed by atoms with Gasteiger partial charge in [-0.25, -0.2) is 12.7 Å². The van der Waals surface area contributed by atoms with E-state index in [1.54, 1.807) is 31.3 Å². The summed E-state index contributed by atoms with van der Waals surface area (Å²) in [5.41, 5.74) is 0. The summed E-state index contributed by atoms with van der Waals surface area (Å²) < 4.78 is 31.6. The SMILES string of the molecule is CCCCCN(C)S(=O)(=O)c1ccc(OCCNC)cc1. The molecule has 0 aliphatic rings. The molecule has 5 nitrogen and oxygen atoms in total. The van der Waals surface area contributed by atoms with Crippen LogP contribution in [-0.2, 0) is 10.0 Å². The molecule has 120 valence electrons. The fraction of sp³-hybridized carbons (Fsp3) is 0.600. The van der Waals surface area contributed by atoms with Crippen LogP contribution in [0.3, 0.4) is 0 Å². The van der Waals surface area contributed by atoms with E-state index in [0.717, 1.165) is 25.8 Å². The molecule has 0 aliphatic heterocycles. The first-order chi connectivity index (χ1) is 10.0. The summed E-state index contributed by atoms with van der Waals surface area (Å²) >= 11 is 0. The molecule has 0 fully saturated rings. The Morgan fingerprint density at radius 2 is 1.86 bits per heavy atom. The lowest BCUT2D eigenvalue weighted by atomic mass is 10.2. The molecule has 0 radical (unpaired) electrons. The van der Waals surface area contributed by atoms with Gasteiger partial charge in [-0.05, 0) is 37.7 Å². The van der Waals surface area contributed by atoms with E-state index in [-0.39, 0.29) is 0 Å². The van der Waals surface area contributed by atoms with Gasteiger partial charge in [0.15, 0.2) is 0 Å². The Balaban J connectivity index is 2.66. The molecule has 0 amide bonds. The summed E-state index contributed by atoms with van der Waals surface area (Å²) in [4.78, 5) is 0.308. The molecular weight excluding hydrogens is 288 g/mol. The van der Waals surface area contributed by atoms with Crippen LogP contribution in [0.5, 0.6) is 5.75 Å². The molecule has 6 heteroatoms. The van der Waals surface area contributed by atoms with Gasteiger partial charge < -0.3 is 10.1 Å². The third-order valence-corrected chi connectivity index (χ3v) is 5.10. The third-order valence-electron chi connectivity index (χ3n) is 3.23. The Morgan fingerprint density at radius 3 is 2.43 bits per heavy atom. The summed E-state index contributed by atoms with van der Waals surface area (Å²) in [7, 11) is 0.0859. The molecule has 0 saturated carbocycles. The van der Waals surface area contributed by atoms with Gasteiger partial charge in [0.2, 0.25) is 10.0 Å². The molecule has 1 rings (SSSR count). The van der Waals surface area contributed by atoms with Crippen LogP contribution in [0.1, 0.15) is 26.2 Å². The zero-order chi connectivity index (χ0) is 15.7. The van der Waals surface area contributed by atoms with Crippen LogP contribution in [0.25, 0.3) is 0 Å². The maximum Gasteiger partial charge on any atom is 0.242 e. The van der Waals surface area contributed by atoms with Crippen LogP contribution >= 0.6 is 0 Å². The zero-order valence-electron chi connectivity index (χ0n) is 13.1. The third kappa shape index (κ3) is 5.65. The van der Waals surface area contributed by atoms with Crippen LogP contribution in [0.2, 0.25) is 0 Å². The molecule has 1 N–H and O–H groups in total. The topological polar surface area (TPSA) is 58.6 Å². The van der Waals surface area contributed by atoms with Gasteiger partial charge in [-0.2, -0.15) is 0 Å². The molecule has 0 heterocycles. The van der Waals surface area contributed by atoms with E-state index in [1.807, 2.05) is 7.05 Å². The lowest BCUT2D eigenvalue weighted by Gasteiger charge is -2.17. The summed E-state index contributed by atoms with van der Waals surface area (Å²) in [5, 5.41) is 2.99. The highest BCUT2D eigenvalue weighted by Crippen LogP contribution is 2.19. The van der Waals surface area contributed by atoms with Crippen molar-refractivity contribution in [2.45, 2.75) is 31.1 Å². The minimum absolute atomic E-state index is 0.308. The second-order valence-electron chi connectivity index (χ2n) is 4.96. The van der Waals surface area contributed by atoms with E-state index in [4.69, 9.17) is 4.74 Å². The quantitative estimate of drug-likeness (QED) is 0.672. The predicted octanol–water partition coefficient (Wildman–Crippen LogP) is 2.10. The number of nitrogens with zero attached hydrogens (tertiary/aromatic N) is 1. The van der Waals surface area contributed by atoms with Crippen LogP contribution in [0.15, 0.2) is 29.2 Å². The molecule has 0 atom stereocenters. The van der Waals surface area contributed by atoms with Crippen molar-refractivity contribution in [3.8, 4) is 5.75 Å². The number of hydrogen-bond acceptors (Lipinski definition) is 4. The number of ether oxygens (including phenoxy) is 1. The Bertz CT molecular complexity index is 500. The molecule has 21 heavy (non-hydrogen) atoms. The highest BCUT2D eigenvalue weighted by atomic mass is 32.2. The molecular formula is C15H26N2O3S. The van der Waals surface area contributed by atoms with E-state index < -0.39 is 10.0 Å². The van der Waals surface area contributed by atoms with Crippen LogP contribution in [0.4, 0.5) is 0 Å². The number of unbranched alkanes of at least 4 members (excludes halogenated alkanes) is 2. The Morgan fingerprint density at radius 1 is 1.19 bits per heavy atom. The van der Waals surface area contributed by atoms with Crippen LogP contribution in [-0.4, -0.2) is 46.5 Å². The number of sulfonamides is 1. The smallest absolute Gasteiger partial charge is 0.242 e. The van der Waals surface area contributed by atoms with Crippen molar-refractivity contribution < 1.29 is 13.2 Å². The van der Waals surface area contributed by atoms with Crippen molar-refractivity contribution in [2.24, 2.45) is 0 Å². The highest BCUT2D eigenvalue weighted by Gasteiger charge is 2.19. The van der Waals surface area contributed by atoms with Crippen molar-refractivity contribution in [1.82, 2.24) is 9.62 Å². The first kappa shape index (κ1) is 17.9. The molecule has 1 aromatic carbocycles. The number of hydrogen-bond donors (Lipinski definition) is 1. The maximum atomic E-state index is 12.4. The highest BCUT2D eigenvalue weighted by molar-refractivity contribution is 7.89. The molecule has 1 aromatic rings. The van der Waals surface area contributed by atoms with E-state index in [1.165, 1.54) is 4.31 Å². The second-order valence-corrected chi connectivity index (χ2v) is 7.00. The van der Waals surface area contributed by atoms with Gasteiger partial charge in [0.05, 0.1) is 4.90 Å². The predicted molar refractivity (Wildman–Crippen MR) is 85.2 cm³/mol.